The van der Waals surface area contributed by atoms with Crippen LogP contribution in [-0.4, -0.2) is 67.5 Å². The topological polar surface area (TPSA) is 0 Å². The van der Waals surface area contributed by atoms with Gasteiger partial charge in [-0.3, -0.25) is 0 Å². The monoisotopic (exact) mass is 722 g/mol. The molecule has 0 heterocycles. The summed E-state index contributed by atoms with van der Waals surface area (Å²) in [6.07, 6.45) is 0. The fraction of sp³-hybridized carbons (Fsp3) is 1.00. The summed E-state index contributed by atoms with van der Waals surface area (Å²) in [5.74, 6) is 0. The first-order chi connectivity index (χ1) is 12.1. The molecule has 0 bridgehead atoms. The van der Waals surface area contributed by atoms with E-state index in [-0.39, 0.29) is 0 Å². The van der Waals surface area contributed by atoms with Crippen LogP contribution in [-0.2, 0) is 0 Å². The first-order valence-electron chi connectivity index (χ1n) is 11.8. The van der Waals surface area contributed by atoms with E-state index in [9.17, 15) is 0 Å². The SMILES string of the molecule is C[Si](C)(C)[CH]([Si](C)(C)C)[BiH]([Cl])([CH]([Si](C)(C)C)[Si](C)(C)C)[CH]([Si](C)(C)C)[Si](C)(C)C. The van der Waals surface area contributed by atoms with Crippen molar-refractivity contribution < 1.29 is 0 Å². The molecule has 0 radical (unpaired) electrons. The van der Waals surface area contributed by atoms with Crippen LogP contribution in [0.3, 0.4) is 0 Å². The Morgan fingerprint density at radius 1 is 0.345 bits per heavy atom. The van der Waals surface area contributed by atoms with Gasteiger partial charge in [0.2, 0.25) is 0 Å². The van der Waals surface area contributed by atoms with Gasteiger partial charge in [-0.15, -0.1) is 0 Å². The van der Waals surface area contributed by atoms with Crippen LogP contribution in [0.1, 0.15) is 0 Å². The molecule has 0 aliphatic carbocycles. The van der Waals surface area contributed by atoms with E-state index in [1.54, 1.807) is 0 Å². The van der Waals surface area contributed by atoms with E-state index in [4.69, 9.17) is 8.51 Å². The van der Waals surface area contributed by atoms with Crippen molar-refractivity contribution in [2.24, 2.45) is 0 Å². The van der Waals surface area contributed by atoms with Gasteiger partial charge < -0.3 is 0 Å². The van der Waals surface area contributed by atoms with Crippen molar-refractivity contribution in [1.29, 1.82) is 0 Å². The molecular weight excluding hydrogens is 665 g/mol. The fourth-order valence-corrected chi connectivity index (χ4v) is 231. The van der Waals surface area contributed by atoms with Gasteiger partial charge in [0, 0.05) is 0 Å². The first kappa shape index (κ1) is 31.5. The van der Waals surface area contributed by atoms with Gasteiger partial charge in [-0.25, -0.2) is 0 Å². The summed E-state index contributed by atoms with van der Waals surface area (Å²) >= 11 is -3.37. The molecule has 0 aromatic rings. The maximum atomic E-state index is 8.78. The quantitative estimate of drug-likeness (QED) is 0.208. The molecule has 0 N–H and O–H groups in total. The van der Waals surface area contributed by atoms with Crippen LogP contribution >= 0.6 is 8.51 Å². The first-order valence-corrected chi connectivity index (χ1v) is 44.8. The normalized spacial score (nSPS) is 16.9. The van der Waals surface area contributed by atoms with Crippen LogP contribution < -0.4 is 0 Å². The Morgan fingerprint density at radius 2 is 0.448 bits per heavy atom. The maximum absolute atomic E-state index is 8.78. The molecule has 0 unspecified atom stereocenters. The summed E-state index contributed by atoms with van der Waals surface area (Å²) in [5, 5.41) is 0. The zero-order valence-electron chi connectivity index (χ0n) is 23.6. The van der Waals surface area contributed by atoms with E-state index >= 15 is 0 Å². The number of hydrogen-bond donors (Lipinski definition) is 0. The minimum absolute atomic E-state index is 0.982. The molecule has 0 amide bonds. The molecule has 0 saturated carbocycles. The van der Waals surface area contributed by atoms with E-state index in [1.165, 1.54) is 0 Å². The van der Waals surface area contributed by atoms with Gasteiger partial charge in [-0.2, -0.15) is 0 Å². The average Bonchev–Trinajstić information content (AvgIpc) is 2.11. The molecule has 0 rings (SSSR count). The molecule has 0 aliphatic heterocycles. The zero-order valence-corrected chi connectivity index (χ0v) is 34.3. The molecule has 29 heavy (non-hydrogen) atoms. The Kier molecular flexibility index (Phi) is 10.0. The second-order valence-corrected chi connectivity index (χ2v) is 82.3. The fourth-order valence-electron chi connectivity index (χ4n) is 8.38. The molecule has 178 valence electrons. The van der Waals surface area contributed by atoms with Gasteiger partial charge in [0.1, 0.15) is 0 Å². The Bertz CT molecular complexity index is 432. The van der Waals surface area contributed by atoms with Crippen molar-refractivity contribution >= 4 is 76.0 Å². The van der Waals surface area contributed by atoms with Gasteiger partial charge in [-0.1, -0.05) is 0 Å². The molecule has 0 spiro atoms. The molecule has 0 saturated heterocycles. The van der Waals surface area contributed by atoms with E-state index in [1.807, 2.05) is 0 Å². The van der Waals surface area contributed by atoms with Gasteiger partial charge in [0.25, 0.3) is 0 Å². The molecule has 0 aromatic carbocycles. The molecule has 0 aromatic heterocycles. The van der Waals surface area contributed by atoms with Crippen LogP contribution in [0, 0.1) is 0 Å². The summed E-state index contributed by atoms with van der Waals surface area (Å²) in [5.41, 5.74) is 0. The third-order valence-corrected chi connectivity index (χ3v) is 144. The van der Waals surface area contributed by atoms with Crippen molar-refractivity contribution in [3.8, 4) is 0 Å². The second kappa shape index (κ2) is 9.26. The van der Waals surface area contributed by atoms with E-state index in [0.29, 0.717) is 0 Å². The molecule has 0 atom stereocenters. The van der Waals surface area contributed by atoms with Gasteiger partial charge in [0.15, 0.2) is 0 Å². The van der Waals surface area contributed by atoms with Crippen LogP contribution in [0.2, 0.25) is 126 Å². The predicted octanol–water partition coefficient (Wildman–Crippen LogP) is 9.28. The minimum atomic E-state index is -3.37. The van der Waals surface area contributed by atoms with Crippen molar-refractivity contribution in [1.82, 2.24) is 0 Å². The standard InChI is InChI=1S/3C7H19Si2.Bi.ClH.H/c3*1-8(2,3)7-9(4,5)6;;;/h3*7H,1-6H3;;1H;/q;;;+1;;/p-1. The third kappa shape index (κ3) is 7.75. The van der Waals surface area contributed by atoms with E-state index < -0.39 is 67.5 Å². The van der Waals surface area contributed by atoms with Crippen molar-refractivity contribution in [2.75, 3.05) is 0 Å². The summed E-state index contributed by atoms with van der Waals surface area (Å²) in [6.45, 7) is 48.6. The molecule has 0 fully saturated rings. The van der Waals surface area contributed by atoms with Crippen molar-refractivity contribution in [2.45, 2.75) is 126 Å². The van der Waals surface area contributed by atoms with E-state index in [2.05, 4.69) is 118 Å². The molecule has 0 aliphatic rings. The Labute approximate surface area is 200 Å². The van der Waals surface area contributed by atoms with Crippen LogP contribution in [0.4, 0.5) is 0 Å². The van der Waals surface area contributed by atoms with Gasteiger partial charge in [-0.05, 0) is 0 Å². The second-order valence-electron chi connectivity index (χ2n) is 16.3. The molecule has 8 heteroatoms. The van der Waals surface area contributed by atoms with Crippen LogP contribution in [0.25, 0.3) is 0 Å². The third-order valence-electron chi connectivity index (χ3n) is 6.52. The van der Waals surface area contributed by atoms with E-state index in [0.717, 1.165) is 8.62 Å². The summed E-state index contributed by atoms with van der Waals surface area (Å²) in [6, 6.07) is 0. The molecular formula is C21H58BiClSi6. The number of halogens is 1. The Morgan fingerprint density at radius 3 is 0.517 bits per heavy atom. The van der Waals surface area contributed by atoms with Gasteiger partial charge >= 0.3 is 202 Å². The Hall–Kier alpha value is 2.47. The Balaban J connectivity index is 7.70. The van der Waals surface area contributed by atoms with Gasteiger partial charge in [0.05, 0.1) is 0 Å². The van der Waals surface area contributed by atoms with Crippen LogP contribution in [0.15, 0.2) is 0 Å². The van der Waals surface area contributed by atoms with Crippen LogP contribution in [0.5, 0.6) is 0 Å². The summed E-state index contributed by atoms with van der Waals surface area (Å²) in [7, 11) is 0.491. The average molecular weight is 724 g/mol. The predicted molar refractivity (Wildman–Crippen MR) is 164 cm³/mol. The van der Waals surface area contributed by atoms with Crippen molar-refractivity contribution in [3.05, 3.63) is 0 Å². The molecule has 0 nitrogen and oxygen atoms in total. The summed E-state index contributed by atoms with van der Waals surface area (Å²) in [4.78, 5) is 0. The number of rotatable bonds is 9. The number of hydrogen-bond acceptors (Lipinski definition) is 0. The zero-order chi connectivity index (χ0) is 24.2. The summed E-state index contributed by atoms with van der Waals surface area (Å²) < 4.78 is 2.95. The van der Waals surface area contributed by atoms with Crippen molar-refractivity contribution in [3.63, 3.8) is 0 Å².